The molecule has 6 rings (SSSR count). The molecule has 0 aliphatic rings. The summed E-state index contributed by atoms with van der Waals surface area (Å²) in [7, 11) is 0. The summed E-state index contributed by atoms with van der Waals surface area (Å²) in [6.07, 6.45) is 1.53. The minimum atomic E-state index is -1.72. The number of nitrogens with zero attached hydrogens (tertiary/aromatic N) is 3. The zero-order valence-electron chi connectivity index (χ0n) is 22.5. The van der Waals surface area contributed by atoms with E-state index in [1.807, 2.05) is 73.8 Å². The number of rotatable bonds is 6. The van der Waals surface area contributed by atoms with Crippen LogP contribution in [-0.2, 0) is 11.4 Å². The summed E-state index contributed by atoms with van der Waals surface area (Å²) in [6.45, 7) is 3.77. The Kier molecular flexibility index (Phi) is 7.12. The van der Waals surface area contributed by atoms with Crippen molar-refractivity contribution in [1.82, 2.24) is 8.96 Å². The summed E-state index contributed by atoms with van der Waals surface area (Å²) in [5.74, 6) is -1.56. The van der Waals surface area contributed by atoms with Crippen LogP contribution in [0.15, 0.2) is 95.3 Å². The van der Waals surface area contributed by atoms with Crippen molar-refractivity contribution >= 4 is 39.6 Å². The fourth-order valence-corrected chi connectivity index (χ4v) is 7.07. The van der Waals surface area contributed by atoms with Gasteiger partial charge >= 0.3 is 5.97 Å². The summed E-state index contributed by atoms with van der Waals surface area (Å²) >= 11 is -0.438. The number of fused-ring (bicyclic) bond motifs is 1. The Morgan fingerprint density at radius 2 is 1.79 bits per heavy atom. The first kappa shape index (κ1) is 27.4. The SMILES string of the molecule is Cc1ccc([S+]([O-])n2c(-c3cccc(-c4cnc(C(=O)O)cc4C)c3)c(-c3ccsc3C#N)c3cc(F)ccc32)cc1. The van der Waals surface area contributed by atoms with Crippen molar-refractivity contribution in [2.24, 2.45) is 0 Å². The largest absolute Gasteiger partial charge is 0.587 e. The number of thiophene rings is 1. The zero-order chi connectivity index (χ0) is 29.5. The highest BCUT2D eigenvalue weighted by Crippen LogP contribution is 2.45. The molecule has 42 heavy (non-hydrogen) atoms. The maximum absolute atomic E-state index is 14.8. The Labute approximate surface area is 248 Å². The van der Waals surface area contributed by atoms with Gasteiger partial charge in [0.05, 0.1) is 5.52 Å². The minimum absolute atomic E-state index is 0.0492. The number of carboxylic acid groups (broad SMARTS) is 1. The van der Waals surface area contributed by atoms with Crippen LogP contribution in [0.4, 0.5) is 4.39 Å². The maximum Gasteiger partial charge on any atom is 0.354 e. The van der Waals surface area contributed by atoms with Crippen LogP contribution < -0.4 is 0 Å². The molecule has 6 aromatic rings. The van der Waals surface area contributed by atoms with Gasteiger partial charge in [0.2, 0.25) is 0 Å². The van der Waals surface area contributed by atoms with E-state index in [-0.39, 0.29) is 5.69 Å². The number of pyridine rings is 1. The first-order valence-corrected chi connectivity index (χ1v) is 14.9. The first-order chi connectivity index (χ1) is 20.3. The van der Waals surface area contributed by atoms with E-state index in [2.05, 4.69) is 11.1 Å². The van der Waals surface area contributed by atoms with Crippen molar-refractivity contribution in [3.05, 3.63) is 118 Å². The summed E-state index contributed by atoms with van der Waals surface area (Å²) < 4.78 is 30.8. The topological polar surface area (TPSA) is 102 Å². The van der Waals surface area contributed by atoms with Crippen molar-refractivity contribution in [2.75, 3.05) is 0 Å². The van der Waals surface area contributed by atoms with Gasteiger partial charge in [0, 0.05) is 33.8 Å². The van der Waals surface area contributed by atoms with E-state index in [0.717, 1.165) is 22.3 Å². The summed E-state index contributed by atoms with van der Waals surface area (Å²) in [5, 5.41) is 21.6. The molecular formula is C33H22FN3O3S2. The predicted octanol–water partition coefficient (Wildman–Crippen LogP) is 8.00. The molecule has 206 valence electrons. The van der Waals surface area contributed by atoms with E-state index in [4.69, 9.17) is 0 Å². The fraction of sp³-hybridized carbons (Fsp3) is 0.0606. The van der Waals surface area contributed by atoms with Crippen molar-refractivity contribution in [1.29, 1.82) is 5.26 Å². The highest BCUT2D eigenvalue weighted by molar-refractivity contribution is 7.90. The Hall–Kier alpha value is -4.75. The van der Waals surface area contributed by atoms with Gasteiger partial charge in [-0.25, -0.2) is 14.2 Å². The van der Waals surface area contributed by atoms with Crippen LogP contribution in [0.5, 0.6) is 0 Å². The van der Waals surface area contributed by atoms with Crippen LogP contribution in [0, 0.1) is 31.0 Å². The number of hydrogen-bond donors (Lipinski definition) is 1. The van der Waals surface area contributed by atoms with Gasteiger partial charge in [-0.15, -0.1) is 11.3 Å². The molecule has 0 amide bonds. The van der Waals surface area contributed by atoms with Crippen LogP contribution in [0.3, 0.4) is 0 Å². The zero-order valence-corrected chi connectivity index (χ0v) is 24.1. The summed E-state index contributed by atoms with van der Waals surface area (Å²) in [5.41, 5.74) is 6.28. The second-order valence-corrected chi connectivity index (χ2v) is 12.0. The number of carbonyl (C=O) groups is 1. The molecule has 0 bridgehead atoms. The number of halogens is 1. The number of nitriles is 1. The molecule has 1 atom stereocenters. The fourth-order valence-electron chi connectivity index (χ4n) is 5.10. The van der Waals surface area contributed by atoms with E-state index in [9.17, 15) is 24.1 Å². The molecule has 0 saturated heterocycles. The third-order valence-electron chi connectivity index (χ3n) is 7.09. The summed E-state index contributed by atoms with van der Waals surface area (Å²) in [4.78, 5) is 16.6. The number of aromatic carboxylic acids is 1. The molecule has 0 radical (unpaired) electrons. The maximum atomic E-state index is 14.8. The molecule has 0 aliphatic carbocycles. The van der Waals surface area contributed by atoms with Crippen molar-refractivity contribution < 1.29 is 18.8 Å². The number of benzene rings is 3. The number of hydrogen-bond acceptors (Lipinski definition) is 5. The van der Waals surface area contributed by atoms with Gasteiger partial charge in [0.15, 0.2) is 4.90 Å². The van der Waals surface area contributed by atoms with Crippen molar-refractivity contribution in [3.63, 3.8) is 0 Å². The Balaban J connectivity index is 1.67. The summed E-state index contributed by atoms with van der Waals surface area (Å²) in [6, 6.07) is 24.9. The van der Waals surface area contributed by atoms with Gasteiger partial charge in [-0.05, 0) is 78.9 Å². The van der Waals surface area contributed by atoms with Gasteiger partial charge in [-0.3, -0.25) is 0 Å². The normalized spacial score (nSPS) is 11.9. The highest BCUT2D eigenvalue weighted by atomic mass is 32.2. The average Bonchev–Trinajstić information content (AvgIpc) is 3.59. The smallest absolute Gasteiger partial charge is 0.354 e. The van der Waals surface area contributed by atoms with Gasteiger partial charge < -0.3 is 9.66 Å². The molecule has 0 fully saturated rings. The van der Waals surface area contributed by atoms with E-state index in [0.29, 0.717) is 43.1 Å². The second kappa shape index (κ2) is 10.9. The Morgan fingerprint density at radius 1 is 1.02 bits per heavy atom. The Bertz CT molecular complexity index is 2040. The lowest BCUT2D eigenvalue weighted by Gasteiger charge is -2.17. The minimum Gasteiger partial charge on any atom is -0.587 e. The number of aromatic nitrogens is 2. The van der Waals surface area contributed by atoms with Gasteiger partial charge in [0.1, 0.15) is 39.5 Å². The molecule has 3 aromatic carbocycles. The third-order valence-corrected chi connectivity index (χ3v) is 9.29. The molecule has 0 spiro atoms. The van der Waals surface area contributed by atoms with E-state index >= 15 is 0 Å². The van der Waals surface area contributed by atoms with Crippen LogP contribution in [0.1, 0.15) is 26.5 Å². The Morgan fingerprint density at radius 3 is 2.50 bits per heavy atom. The molecule has 0 aliphatic heterocycles. The van der Waals surface area contributed by atoms with Gasteiger partial charge in [0.25, 0.3) is 0 Å². The monoisotopic (exact) mass is 591 g/mol. The quantitative estimate of drug-likeness (QED) is 0.198. The third kappa shape index (κ3) is 4.76. The second-order valence-electron chi connectivity index (χ2n) is 9.79. The molecule has 1 N–H and O–H groups in total. The van der Waals surface area contributed by atoms with Crippen LogP contribution in [0.25, 0.3) is 44.4 Å². The van der Waals surface area contributed by atoms with Gasteiger partial charge in [-0.1, -0.05) is 35.9 Å². The molecule has 3 aromatic heterocycles. The molecule has 3 heterocycles. The van der Waals surface area contributed by atoms with E-state index in [1.165, 1.54) is 35.7 Å². The van der Waals surface area contributed by atoms with Crippen LogP contribution in [0.2, 0.25) is 0 Å². The molecule has 1 unspecified atom stereocenters. The predicted molar refractivity (Wildman–Crippen MR) is 163 cm³/mol. The van der Waals surface area contributed by atoms with Crippen molar-refractivity contribution in [3.8, 4) is 39.6 Å². The van der Waals surface area contributed by atoms with Crippen molar-refractivity contribution in [2.45, 2.75) is 18.7 Å². The number of aryl methyl sites for hydroxylation is 2. The van der Waals surface area contributed by atoms with Crippen LogP contribution in [-0.4, -0.2) is 24.6 Å². The molecule has 9 heteroatoms. The van der Waals surface area contributed by atoms with E-state index < -0.39 is 23.1 Å². The number of carboxylic acids is 1. The van der Waals surface area contributed by atoms with E-state index in [1.54, 1.807) is 10.0 Å². The highest BCUT2D eigenvalue weighted by Gasteiger charge is 2.30. The molecular weight excluding hydrogens is 570 g/mol. The lowest BCUT2D eigenvalue weighted by Crippen LogP contribution is -2.14. The average molecular weight is 592 g/mol. The standard InChI is InChI=1S/C33H22FN3O3S2/c1-19-6-9-24(10-7-19)42(40)37-29-11-8-23(34)16-26(29)31(25-12-13-41-30(25)17-35)32(37)22-5-3-4-21(15-22)27-18-36-28(33(38)39)14-20(27)2/h3-16,18H,1-2H3,(H,38,39). The first-order valence-electron chi connectivity index (χ1n) is 12.9. The molecule has 6 nitrogen and oxygen atoms in total. The lowest BCUT2D eigenvalue weighted by molar-refractivity contribution is 0.0690. The van der Waals surface area contributed by atoms with Crippen LogP contribution >= 0.6 is 11.3 Å². The van der Waals surface area contributed by atoms with Gasteiger partial charge in [-0.2, -0.15) is 9.23 Å². The molecule has 0 saturated carbocycles. The lowest BCUT2D eigenvalue weighted by atomic mass is 9.95.